The number of nitrogens with zero attached hydrogens (tertiary/aromatic N) is 3. The second-order valence-electron chi connectivity index (χ2n) is 8.45. The molecule has 1 aromatic carbocycles. The van der Waals surface area contributed by atoms with Gasteiger partial charge in [-0.15, -0.1) is 0 Å². The normalized spacial score (nSPS) is 18.2. The summed E-state index contributed by atoms with van der Waals surface area (Å²) in [6.07, 6.45) is 8.19. The van der Waals surface area contributed by atoms with Crippen LogP contribution in [0, 0.1) is 0 Å². The van der Waals surface area contributed by atoms with Crippen LogP contribution in [0.1, 0.15) is 49.9 Å². The number of pyridine rings is 2. The Balaban J connectivity index is 2.06. The van der Waals surface area contributed by atoms with Gasteiger partial charge in [-0.3, -0.25) is 9.97 Å². The van der Waals surface area contributed by atoms with E-state index in [2.05, 4.69) is 72.8 Å². The van der Waals surface area contributed by atoms with Crippen LogP contribution >= 0.6 is 0 Å². The standard InChI is InChI=1S/C22H19N3/c1-21(2)14-7-5-6-12-13-8-23-9-15-19(13)25(18(12)14)20-16(21)10-24-11-17(20)22(15,3)4/h5-11H,1-4H3. The molecule has 0 fully saturated rings. The van der Waals surface area contributed by atoms with E-state index in [1.807, 2.05) is 12.4 Å². The summed E-state index contributed by atoms with van der Waals surface area (Å²) < 4.78 is 2.49. The van der Waals surface area contributed by atoms with Crippen LogP contribution in [0.25, 0.3) is 27.5 Å². The lowest BCUT2D eigenvalue weighted by molar-refractivity contribution is 0.586. The van der Waals surface area contributed by atoms with Crippen molar-refractivity contribution in [3.8, 4) is 5.69 Å². The summed E-state index contributed by atoms with van der Waals surface area (Å²) in [4.78, 5) is 9.24. The van der Waals surface area contributed by atoms with Gasteiger partial charge in [0, 0.05) is 63.1 Å². The average Bonchev–Trinajstić information content (AvgIpc) is 2.94. The highest BCUT2D eigenvalue weighted by atomic mass is 15.0. The van der Waals surface area contributed by atoms with Crippen molar-refractivity contribution in [3.63, 3.8) is 0 Å². The van der Waals surface area contributed by atoms with E-state index in [1.165, 1.54) is 49.7 Å². The first kappa shape index (κ1) is 13.6. The van der Waals surface area contributed by atoms with Crippen LogP contribution in [0.15, 0.2) is 43.0 Å². The molecule has 6 rings (SSSR count). The van der Waals surface area contributed by atoms with E-state index in [1.54, 1.807) is 0 Å². The Morgan fingerprint density at radius 2 is 1.28 bits per heavy atom. The van der Waals surface area contributed by atoms with Crippen molar-refractivity contribution in [1.82, 2.24) is 14.5 Å². The molecule has 0 unspecified atom stereocenters. The van der Waals surface area contributed by atoms with Gasteiger partial charge in [0.05, 0.1) is 16.7 Å². The van der Waals surface area contributed by atoms with Gasteiger partial charge >= 0.3 is 0 Å². The highest BCUT2D eigenvalue weighted by molar-refractivity contribution is 6.13. The van der Waals surface area contributed by atoms with Gasteiger partial charge in [0.25, 0.3) is 0 Å². The minimum absolute atomic E-state index is 0.0662. The number of fused-ring (bicyclic) bond motifs is 1. The Morgan fingerprint density at radius 1 is 0.680 bits per heavy atom. The molecule has 0 spiro atoms. The molecule has 2 aliphatic heterocycles. The predicted octanol–water partition coefficient (Wildman–Crippen LogP) is 4.85. The zero-order valence-electron chi connectivity index (χ0n) is 14.9. The first-order valence-corrected chi connectivity index (χ1v) is 8.85. The molecule has 5 heterocycles. The van der Waals surface area contributed by atoms with E-state index in [-0.39, 0.29) is 10.8 Å². The molecule has 3 aromatic heterocycles. The van der Waals surface area contributed by atoms with Gasteiger partial charge in [0.1, 0.15) is 0 Å². The fourth-order valence-electron chi connectivity index (χ4n) is 5.09. The molecule has 0 N–H and O–H groups in total. The Hall–Kier alpha value is -2.68. The van der Waals surface area contributed by atoms with Crippen molar-refractivity contribution in [3.05, 3.63) is 65.2 Å². The Labute approximate surface area is 146 Å². The van der Waals surface area contributed by atoms with Gasteiger partial charge in [-0.25, -0.2) is 0 Å². The smallest absolute Gasteiger partial charge is 0.0613 e. The van der Waals surface area contributed by atoms with Gasteiger partial charge < -0.3 is 4.57 Å². The minimum atomic E-state index is -0.108. The molecule has 0 saturated carbocycles. The lowest BCUT2D eigenvalue weighted by atomic mass is 9.70. The van der Waals surface area contributed by atoms with E-state index in [0.717, 1.165) is 0 Å². The number of hydrogen-bond acceptors (Lipinski definition) is 2. The lowest BCUT2D eigenvalue weighted by Gasteiger charge is -2.41. The van der Waals surface area contributed by atoms with Crippen LogP contribution in [0.3, 0.4) is 0 Å². The summed E-state index contributed by atoms with van der Waals surface area (Å²) >= 11 is 0. The highest BCUT2D eigenvalue weighted by Crippen LogP contribution is 2.54. The first-order valence-electron chi connectivity index (χ1n) is 8.85. The fraction of sp³-hybridized carbons (Fsp3) is 0.273. The van der Waals surface area contributed by atoms with Crippen molar-refractivity contribution in [2.45, 2.75) is 38.5 Å². The number of hydrogen-bond donors (Lipinski definition) is 0. The second kappa shape index (κ2) is 3.77. The average molecular weight is 325 g/mol. The van der Waals surface area contributed by atoms with E-state index in [0.29, 0.717) is 0 Å². The molecule has 0 saturated heterocycles. The first-order chi connectivity index (χ1) is 11.9. The summed E-state index contributed by atoms with van der Waals surface area (Å²) in [6, 6.07) is 6.69. The summed E-state index contributed by atoms with van der Waals surface area (Å²) in [7, 11) is 0. The van der Waals surface area contributed by atoms with Crippen molar-refractivity contribution in [1.29, 1.82) is 0 Å². The fourth-order valence-corrected chi connectivity index (χ4v) is 5.09. The van der Waals surface area contributed by atoms with E-state index >= 15 is 0 Å². The number of benzene rings is 1. The number of para-hydroxylation sites is 1. The van der Waals surface area contributed by atoms with Gasteiger partial charge in [-0.05, 0) is 5.56 Å². The molecular formula is C22H19N3. The maximum atomic E-state index is 4.64. The zero-order valence-corrected chi connectivity index (χ0v) is 14.9. The molecule has 3 nitrogen and oxygen atoms in total. The zero-order chi connectivity index (χ0) is 17.1. The minimum Gasteiger partial charge on any atom is -0.308 e. The van der Waals surface area contributed by atoms with Crippen LogP contribution in [0.2, 0.25) is 0 Å². The lowest BCUT2D eigenvalue weighted by Crippen LogP contribution is -2.33. The topological polar surface area (TPSA) is 30.7 Å². The highest BCUT2D eigenvalue weighted by Gasteiger charge is 2.43. The maximum Gasteiger partial charge on any atom is 0.0613 e. The molecule has 0 atom stereocenters. The number of rotatable bonds is 0. The summed E-state index contributed by atoms with van der Waals surface area (Å²) in [5, 5.41) is 2.56. The van der Waals surface area contributed by atoms with E-state index in [4.69, 9.17) is 0 Å². The maximum absolute atomic E-state index is 4.64. The molecule has 3 heteroatoms. The quantitative estimate of drug-likeness (QED) is 0.462. The Morgan fingerprint density at radius 3 is 2.04 bits per heavy atom. The van der Waals surface area contributed by atoms with Gasteiger partial charge in [-0.2, -0.15) is 0 Å². The van der Waals surface area contributed by atoms with Crippen molar-refractivity contribution in [2.24, 2.45) is 0 Å². The largest absolute Gasteiger partial charge is 0.308 e. The summed E-state index contributed by atoms with van der Waals surface area (Å²) in [5.41, 5.74) is 9.10. The third-order valence-electron chi connectivity index (χ3n) is 6.53. The molecule has 122 valence electrons. The molecule has 0 radical (unpaired) electrons. The van der Waals surface area contributed by atoms with Crippen LogP contribution in [0.4, 0.5) is 0 Å². The van der Waals surface area contributed by atoms with Gasteiger partial charge in [0.2, 0.25) is 0 Å². The van der Waals surface area contributed by atoms with Gasteiger partial charge in [0.15, 0.2) is 0 Å². The predicted molar refractivity (Wildman–Crippen MR) is 101 cm³/mol. The molecule has 2 aliphatic rings. The molecule has 25 heavy (non-hydrogen) atoms. The molecule has 0 bridgehead atoms. The molecule has 0 aliphatic carbocycles. The van der Waals surface area contributed by atoms with Crippen LogP contribution in [-0.4, -0.2) is 14.5 Å². The molecule has 4 aromatic rings. The number of aromatic nitrogens is 3. The summed E-state index contributed by atoms with van der Waals surface area (Å²) in [6.45, 7) is 9.23. The SMILES string of the molecule is CC1(C)c2cncc3c2-n2c4c1cccc4c1cncc(c12)C3(C)C. The monoisotopic (exact) mass is 325 g/mol. The third kappa shape index (κ3) is 1.26. The second-order valence-corrected chi connectivity index (χ2v) is 8.45. The Bertz CT molecular complexity index is 1150. The Kier molecular flexibility index (Phi) is 2.05. The van der Waals surface area contributed by atoms with Crippen LogP contribution in [-0.2, 0) is 10.8 Å². The van der Waals surface area contributed by atoms with Crippen molar-refractivity contribution < 1.29 is 0 Å². The molecular weight excluding hydrogens is 306 g/mol. The van der Waals surface area contributed by atoms with Crippen LogP contribution in [0.5, 0.6) is 0 Å². The van der Waals surface area contributed by atoms with E-state index < -0.39 is 0 Å². The van der Waals surface area contributed by atoms with Crippen LogP contribution < -0.4 is 0 Å². The molecule has 0 amide bonds. The van der Waals surface area contributed by atoms with Crippen molar-refractivity contribution in [2.75, 3.05) is 0 Å². The summed E-state index contributed by atoms with van der Waals surface area (Å²) in [5.74, 6) is 0. The van der Waals surface area contributed by atoms with Gasteiger partial charge in [-0.1, -0.05) is 45.9 Å². The van der Waals surface area contributed by atoms with Crippen molar-refractivity contribution >= 4 is 21.8 Å². The van der Waals surface area contributed by atoms with E-state index in [9.17, 15) is 0 Å². The third-order valence-corrected chi connectivity index (χ3v) is 6.53.